The van der Waals surface area contributed by atoms with Crippen molar-refractivity contribution in [2.45, 2.75) is 40.0 Å². The standard InChI is InChI=1S/C15H22ClF/c1-15(2,3)9-8-13(11-16)10-12-4-6-14(17)7-5-12/h4-7,13H,8-11H2,1-3H3. The van der Waals surface area contributed by atoms with Gasteiger partial charge in [-0.1, -0.05) is 32.9 Å². The molecule has 0 N–H and O–H groups in total. The largest absolute Gasteiger partial charge is 0.207 e. The van der Waals surface area contributed by atoms with Crippen LogP contribution in [0.5, 0.6) is 0 Å². The highest BCUT2D eigenvalue weighted by atomic mass is 35.5. The van der Waals surface area contributed by atoms with Crippen molar-refractivity contribution in [1.82, 2.24) is 0 Å². The Morgan fingerprint density at radius 2 is 1.76 bits per heavy atom. The third-order valence-corrected chi connectivity index (χ3v) is 3.39. The van der Waals surface area contributed by atoms with E-state index in [1.807, 2.05) is 12.1 Å². The molecule has 96 valence electrons. The zero-order valence-corrected chi connectivity index (χ0v) is 11.7. The van der Waals surface area contributed by atoms with Gasteiger partial charge in [-0.15, -0.1) is 11.6 Å². The minimum absolute atomic E-state index is 0.175. The van der Waals surface area contributed by atoms with Gasteiger partial charge >= 0.3 is 0 Å². The second-order valence-electron chi connectivity index (χ2n) is 5.95. The summed E-state index contributed by atoms with van der Waals surface area (Å²) < 4.78 is 12.8. The van der Waals surface area contributed by atoms with Crippen molar-refractivity contribution < 1.29 is 4.39 Å². The Labute approximate surface area is 109 Å². The maximum atomic E-state index is 12.8. The Kier molecular flexibility index (Phi) is 5.45. The van der Waals surface area contributed by atoms with Crippen LogP contribution >= 0.6 is 11.6 Å². The first-order valence-electron chi connectivity index (χ1n) is 6.21. The van der Waals surface area contributed by atoms with Crippen molar-refractivity contribution in [3.8, 4) is 0 Å². The quantitative estimate of drug-likeness (QED) is 0.647. The Hall–Kier alpha value is -0.560. The highest BCUT2D eigenvalue weighted by Gasteiger charge is 2.15. The van der Waals surface area contributed by atoms with E-state index in [4.69, 9.17) is 11.6 Å². The van der Waals surface area contributed by atoms with Crippen molar-refractivity contribution in [1.29, 1.82) is 0 Å². The lowest BCUT2D eigenvalue weighted by Crippen LogP contribution is -2.12. The van der Waals surface area contributed by atoms with E-state index in [-0.39, 0.29) is 5.82 Å². The fourth-order valence-corrected chi connectivity index (χ4v) is 2.09. The Bertz CT molecular complexity index is 324. The molecule has 1 rings (SSSR count). The molecule has 0 saturated heterocycles. The van der Waals surface area contributed by atoms with Crippen LogP contribution in [0.15, 0.2) is 24.3 Å². The predicted molar refractivity (Wildman–Crippen MR) is 73.0 cm³/mol. The molecule has 2 heteroatoms. The van der Waals surface area contributed by atoms with Gasteiger partial charge in [0.15, 0.2) is 0 Å². The molecule has 0 amide bonds. The summed E-state index contributed by atoms with van der Waals surface area (Å²) in [7, 11) is 0. The molecule has 0 fully saturated rings. The lowest BCUT2D eigenvalue weighted by molar-refractivity contribution is 0.331. The minimum atomic E-state index is -0.175. The molecule has 0 aliphatic carbocycles. The molecule has 0 nitrogen and oxygen atoms in total. The summed E-state index contributed by atoms with van der Waals surface area (Å²) in [4.78, 5) is 0. The molecule has 17 heavy (non-hydrogen) atoms. The van der Waals surface area contributed by atoms with Crippen molar-refractivity contribution in [2.24, 2.45) is 11.3 Å². The normalized spacial score (nSPS) is 13.7. The third kappa shape index (κ3) is 6.07. The van der Waals surface area contributed by atoms with Crippen LogP contribution in [-0.2, 0) is 6.42 Å². The van der Waals surface area contributed by atoms with Crippen LogP contribution in [0.4, 0.5) is 4.39 Å². The zero-order valence-electron chi connectivity index (χ0n) is 11.0. The maximum absolute atomic E-state index is 12.8. The molecule has 1 atom stereocenters. The molecule has 0 saturated carbocycles. The summed E-state index contributed by atoms with van der Waals surface area (Å²) >= 11 is 6.00. The summed E-state index contributed by atoms with van der Waals surface area (Å²) in [5.41, 5.74) is 1.53. The van der Waals surface area contributed by atoms with Gasteiger partial charge < -0.3 is 0 Å². The molecule has 0 radical (unpaired) electrons. The van der Waals surface area contributed by atoms with Crippen LogP contribution in [0.1, 0.15) is 39.2 Å². The highest BCUT2D eigenvalue weighted by Crippen LogP contribution is 2.26. The summed E-state index contributed by atoms with van der Waals surface area (Å²) in [6, 6.07) is 6.74. The van der Waals surface area contributed by atoms with Crippen LogP contribution in [0.2, 0.25) is 0 Å². The van der Waals surface area contributed by atoms with Crippen LogP contribution in [0, 0.1) is 17.2 Å². The fraction of sp³-hybridized carbons (Fsp3) is 0.600. The van der Waals surface area contributed by atoms with Gasteiger partial charge in [0.05, 0.1) is 0 Å². The molecule has 0 aromatic heterocycles. The van der Waals surface area contributed by atoms with Crippen LogP contribution in [-0.4, -0.2) is 5.88 Å². The summed E-state index contributed by atoms with van der Waals surface area (Å²) in [5, 5.41) is 0. The lowest BCUT2D eigenvalue weighted by Gasteiger charge is -2.22. The van der Waals surface area contributed by atoms with E-state index in [1.54, 1.807) is 0 Å². The molecule has 1 unspecified atom stereocenters. The van der Waals surface area contributed by atoms with Gasteiger partial charge in [0, 0.05) is 5.88 Å². The summed E-state index contributed by atoms with van der Waals surface area (Å²) in [6.07, 6.45) is 3.25. The van der Waals surface area contributed by atoms with Crippen LogP contribution in [0.25, 0.3) is 0 Å². The molecular weight excluding hydrogens is 235 g/mol. The van der Waals surface area contributed by atoms with Gasteiger partial charge in [-0.3, -0.25) is 0 Å². The average Bonchev–Trinajstić information content (AvgIpc) is 2.25. The number of hydrogen-bond acceptors (Lipinski definition) is 0. The minimum Gasteiger partial charge on any atom is -0.207 e. The molecule has 0 spiro atoms. The third-order valence-electron chi connectivity index (χ3n) is 2.96. The van der Waals surface area contributed by atoms with Crippen molar-refractivity contribution in [3.63, 3.8) is 0 Å². The first-order valence-corrected chi connectivity index (χ1v) is 6.74. The van der Waals surface area contributed by atoms with Gasteiger partial charge in [-0.2, -0.15) is 0 Å². The van der Waals surface area contributed by atoms with E-state index < -0.39 is 0 Å². The van der Waals surface area contributed by atoms with Crippen LogP contribution < -0.4 is 0 Å². The molecule has 1 aromatic carbocycles. The Balaban J connectivity index is 2.49. The molecule has 1 aromatic rings. The van der Waals surface area contributed by atoms with E-state index in [0.717, 1.165) is 12.8 Å². The summed E-state index contributed by atoms with van der Waals surface area (Å²) in [6.45, 7) is 6.74. The Morgan fingerprint density at radius 1 is 1.18 bits per heavy atom. The van der Waals surface area contributed by atoms with Crippen molar-refractivity contribution in [3.05, 3.63) is 35.6 Å². The van der Waals surface area contributed by atoms with E-state index in [9.17, 15) is 4.39 Å². The topological polar surface area (TPSA) is 0 Å². The van der Waals surface area contributed by atoms with Gasteiger partial charge in [-0.05, 0) is 48.3 Å². The number of halogens is 2. The van der Waals surface area contributed by atoms with Gasteiger partial charge in [-0.25, -0.2) is 4.39 Å². The predicted octanol–water partition coefficient (Wildman–Crippen LogP) is 5.05. The van der Waals surface area contributed by atoms with Gasteiger partial charge in [0.25, 0.3) is 0 Å². The van der Waals surface area contributed by atoms with E-state index in [1.165, 1.54) is 24.1 Å². The molecule has 0 aliphatic heterocycles. The van der Waals surface area contributed by atoms with E-state index in [0.29, 0.717) is 17.2 Å². The number of alkyl halides is 1. The lowest BCUT2D eigenvalue weighted by atomic mass is 9.85. The van der Waals surface area contributed by atoms with Gasteiger partial charge in [0.1, 0.15) is 5.82 Å². The van der Waals surface area contributed by atoms with E-state index >= 15 is 0 Å². The second-order valence-corrected chi connectivity index (χ2v) is 6.26. The number of hydrogen-bond donors (Lipinski definition) is 0. The SMILES string of the molecule is CC(C)(C)CCC(CCl)Cc1ccc(F)cc1. The summed E-state index contributed by atoms with van der Waals surface area (Å²) in [5.74, 6) is 0.986. The first kappa shape index (κ1) is 14.5. The monoisotopic (exact) mass is 256 g/mol. The first-order chi connectivity index (χ1) is 7.90. The Morgan fingerprint density at radius 3 is 2.24 bits per heavy atom. The molecule has 0 bridgehead atoms. The molecular formula is C15H22ClF. The van der Waals surface area contributed by atoms with Crippen molar-refractivity contribution >= 4 is 11.6 Å². The maximum Gasteiger partial charge on any atom is 0.123 e. The van der Waals surface area contributed by atoms with Crippen LogP contribution in [0.3, 0.4) is 0 Å². The smallest absolute Gasteiger partial charge is 0.123 e. The second kappa shape index (κ2) is 6.39. The van der Waals surface area contributed by atoms with E-state index in [2.05, 4.69) is 20.8 Å². The zero-order chi connectivity index (χ0) is 12.9. The number of rotatable bonds is 5. The van der Waals surface area contributed by atoms with Gasteiger partial charge in [0.2, 0.25) is 0 Å². The highest BCUT2D eigenvalue weighted by molar-refractivity contribution is 6.18. The average molecular weight is 257 g/mol. The molecule has 0 heterocycles. The number of benzene rings is 1. The van der Waals surface area contributed by atoms with Crippen molar-refractivity contribution in [2.75, 3.05) is 5.88 Å². The molecule has 0 aliphatic rings. The fourth-order valence-electron chi connectivity index (χ4n) is 1.82.